The molecule has 1 unspecified atom stereocenters. The summed E-state index contributed by atoms with van der Waals surface area (Å²) >= 11 is 0. The molecule has 2 rings (SSSR count). The van der Waals surface area contributed by atoms with Crippen LogP contribution in [0.4, 0.5) is 0 Å². The number of carbonyl (C=O) groups excluding carboxylic acids is 1. The van der Waals surface area contributed by atoms with E-state index in [-0.39, 0.29) is 11.8 Å². The maximum absolute atomic E-state index is 11.9. The predicted molar refractivity (Wildman–Crippen MR) is 63.7 cm³/mol. The van der Waals surface area contributed by atoms with Gasteiger partial charge in [0, 0.05) is 5.39 Å². The van der Waals surface area contributed by atoms with Crippen LogP contribution in [0, 0.1) is 0 Å². The van der Waals surface area contributed by atoms with E-state index in [0.29, 0.717) is 5.76 Å². The molecule has 16 heavy (non-hydrogen) atoms. The number of benzene rings is 1. The number of furan rings is 1. The topological polar surface area (TPSA) is 42.2 Å². The summed E-state index contributed by atoms with van der Waals surface area (Å²) in [5.41, 5.74) is 0.759. The van der Waals surface area contributed by atoms with Crippen LogP contribution in [0.5, 0.6) is 0 Å². The number of carbonyl (C=O) groups is 1. The maximum atomic E-state index is 11.9. The van der Waals surface area contributed by atoms with Gasteiger partial charge in [-0.3, -0.25) is 4.79 Å². The minimum Gasteiger partial charge on any atom is -0.453 e. The molecule has 1 aromatic carbocycles. The second-order valence-corrected chi connectivity index (χ2v) is 3.79. The molecule has 0 fully saturated rings. The maximum Gasteiger partial charge on any atom is 0.214 e. The van der Waals surface area contributed by atoms with Crippen LogP contribution < -0.4 is 5.32 Å². The number of hydrogen-bond donors (Lipinski definition) is 1. The van der Waals surface area contributed by atoms with E-state index in [1.54, 1.807) is 6.07 Å². The van der Waals surface area contributed by atoms with Gasteiger partial charge in [0.05, 0.1) is 6.04 Å². The van der Waals surface area contributed by atoms with Crippen LogP contribution in [-0.2, 0) is 0 Å². The molecule has 1 heterocycles. The van der Waals surface area contributed by atoms with Crippen LogP contribution in [0.3, 0.4) is 0 Å². The summed E-state index contributed by atoms with van der Waals surface area (Å²) in [5, 5.41) is 4.05. The van der Waals surface area contributed by atoms with Gasteiger partial charge >= 0.3 is 0 Å². The van der Waals surface area contributed by atoms with Gasteiger partial charge in [-0.1, -0.05) is 25.1 Å². The largest absolute Gasteiger partial charge is 0.453 e. The molecule has 0 amide bonds. The van der Waals surface area contributed by atoms with Crippen molar-refractivity contribution in [2.45, 2.75) is 19.9 Å². The predicted octanol–water partition coefficient (Wildman–Crippen LogP) is 2.61. The molecule has 0 bridgehead atoms. The van der Waals surface area contributed by atoms with Crippen molar-refractivity contribution in [3.05, 3.63) is 36.1 Å². The van der Waals surface area contributed by atoms with Gasteiger partial charge < -0.3 is 9.73 Å². The lowest BCUT2D eigenvalue weighted by Crippen LogP contribution is -2.33. The zero-order valence-electron chi connectivity index (χ0n) is 9.49. The van der Waals surface area contributed by atoms with E-state index in [2.05, 4.69) is 5.32 Å². The van der Waals surface area contributed by atoms with Gasteiger partial charge in [-0.2, -0.15) is 0 Å². The van der Waals surface area contributed by atoms with Gasteiger partial charge in [-0.15, -0.1) is 0 Å². The second-order valence-electron chi connectivity index (χ2n) is 3.79. The van der Waals surface area contributed by atoms with Crippen molar-refractivity contribution in [1.82, 2.24) is 5.32 Å². The van der Waals surface area contributed by atoms with Crippen LogP contribution in [0.2, 0.25) is 0 Å². The smallest absolute Gasteiger partial charge is 0.214 e. The first kappa shape index (κ1) is 10.9. The average Bonchev–Trinajstić information content (AvgIpc) is 2.71. The molecule has 2 aromatic rings. The Hall–Kier alpha value is -1.61. The molecule has 1 atom stereocenters. The van der Waals surface area contributed by atoms with Gasteiger partial charge in [-0.25, -0.2) is 0 Å². The highest BCUT2D eigenvalue weighted by Crippen LogP contribution is 2.19. The molecular weight excluding hydrogens is 202 g/mol. The molecule has 0 saturated heterocycles. The monoisotopic (exact) mass is 217 g/mol. The number of likely N-dealkylation sites (N-methyl/N-ethyl adjacent to an activating group) is 1. The van der Waals surface area contributed by atoms with E-state index >= 15 is 0 Å². The van der Waals surface area contributed by atoms with Crippen LogP contribution in [0.15, 0.2) is 34.7 Å². The first-order valence-corrected chi connectivity index (χ1v) is 5.48. The third-order valence-corrected chi connectivity index (χ3v) is 2.57. The van der Waals surface area contributed by atoms with Crippen molar-refractivity contribution in [1.29, 1.82) is 0 Å². The molecule has 3 heteroatoms. The van der Waals surface area contributed by atoms with E-state index < -0.39 is 0 Å². The fourth-order valence-electron chi connectivity index (χ4n) is 1.72. The number of nitrogens with one attached hydrogen (secondary N) is 1. The number of rotatable bonds is 4. The highest BCUT2D eigenvalue weighted by molar-refractivity contribution is 6.00. The molecule has 0 aliphatic carbocycles. The molecule has 0 radical (unpaired) electrons. The summed E-state index contributed by atoms with van der Waals surface area (Å²) in [6, 6.07) is 9.22. The van der Waals surface area contributed by atoms with E-state index in [9.17, 15) is 4.79 Å². The summed E-state index contributed by atoms with van der Waals surface area (Å²) in [4.78, 5) is 11.9. The SMILES string of the molecule is CCNC(C)C(=O)c1cc2ccccc2o1. The molecule has 0 spiro atoms. The molecule has 0 saturated carbocycles. The summed E-state index contributed by atoms with van der Waals surface area (Å²) in [5.74, 6) is 0.424. The molecule has 0 aliphatic heterocycles. The van der Waals surface area contributed by atoms with E-state index in [4.69, 9.17) is 4.42 Å². The Labute approximate surface area is 94.4 Å². The standard InChI is InChI=1S/C13H15NO2/c1-3-14-9(2)13(15)12-8-10-6-4-5-7-11(10)16-12/h4-9,14H,3H2,1-2H3. The van der Waals surface area contributed by atoms with Crippen molar-refractivity contribution in [3.63, 3.8) is 0 Å². The van der Waals surface area contributed by atoms with Crippen molar-refractivity contribution in [2.75, 3.05) is 6.54 Å². The first-order valence-electron chi connectivity index (χ1n) is 5.48. The summed E-state index contributed by atoms with van der Waals surface area (Å²) in [6.45, 7) is 4.59. The molecule has 1 aromatic heterocycles. The lowest BCUT2D eigenvalue weighted by molar-refractivity contribution is 0.0926. The highest BCUT2D eigenvalue weighted by atomic mass is 16.3. The fraction of sp³-hybridized carbons (Fsp3) is 0.308. The normalized spacial score (nSPS) is 12.9. The van der Waals surface area contributed by atoms with Crippen LogP contribution in [-0.4, -0.2) is 18.4 Å². The number of ketones is 1. The Balaban J connectivity index is 2.29. The lowest BCUT2D eigenvalue weighted by Gasteiger charge is -2.08. The first-order chi connectivity index (χ1) is 7.72. The Morgan fingerprint density at radius 3 is 2.88 bits per heavy atom. The minimum absolute atomic E-state index is 0.00181. The fourth-order valence-corrected chi connectivity index (χ4v) is 1.72. The number of para-hydroxylation sites is 1. The number of Topliss-reactive ketones (excluding diaryl/α,β-unsaturated/α-hetero) is 1. The number of hydrogen-bond acceptors (Lipinski definition) is 3. The zero-order valence-corrected chi connectivity index (χ0v) is 9.49. The van der Waals surface area contributed by atoms with Crippen molar-refractivity contribution in [2.24, 2.45) is 0 Å². The molecule has 0 aliphatic rings. The van der Waals surface area contributed by atoms with Gasteiger partial charge in [0.15, 0.2) is 5.76 Å². The van der Waals surface area contributed by atoms with Crippen LogP contribution in [0.25, 0.3) is 11.0 Å². The van der Waals surface area contributed by atoms with Crippen LogP contribution >= 0.6 is 0 Å². The minimum atomic E-state index is -0.203. The van der Waals surface area contributed by atoms with Crippen molar-refractivity contribution < 1.29 is 9.21 Å². The molecule has 84 valence electrons. The third-order valence-electron chi connectivity index (χ3n) is 2.57. The summed E-state index contributed by atoms with van der Waals surface area (Å²) in [7, 11) is 0. The lowest BCUT2D eigenvalue weighted by atomic mass is 10.1. The van der Waals surface area contributed by atoms with E-state index in [1.165, 1.54) is 0 Å². The van der Waals surface area contributed by atoms with E-state index in [1.807, 2.05) is 38.1 Å². The quantitative estimate of drug-likeness (QED) is 0.800. The highest BCUT2D eigenvalue weighted by Gasteiger charge is 2.17. The molecule has 3 nitrogen and oxygen atoms in total. The molecule has 1 N–H and O–H groups in total. The molecular formula is C13H15NO2. The zero-order chi connectivity index (χ0) is 11.5. The van der Waals surface area contributed by atoms with Gasteiger partial charge in [0.25, 0.3) is 0 Å². The van der Waals surface area contributed by atoms with Gasteiger partial charge in [-0.05, 0) is 25.6 Å². The van der Waals surface area contributed by atoms with Crippen LogP contribution in [0.1, 0.15) is 24.4 Å². The van der Waals surface area contributed by atoms with Crippen molar-refractivity contribution >= 4 is 16.8 Å². The third kappa shape index (κ3) is 1.99. The van der Waals surface area contributed by atoms with Gasteiger partial charge in [0.2, 0.25) is 5.78 Å². The Bertz CT molecular complexity index is 468. The summed E-state index contributed by atoms with van der Waals surface area (Å²) < 4.78 is 5.51. The Kier molecular flexibility index (Phi) is 3.06. The van der Waals surface area contributed by atoms with Gasteiger partial charge in [0.1, 0.15) is 5.58 Å². The van der Waals surface area contributed by atoms with Crippen molar-refractivity contribution in [3.8, 4) is 0 Å². The Morgan fingerprint density at radius 2 is 2.19 bits per heavy atom. The average molecular weight is 217 g/mol. The number of fused-ring (bicyclic) bond motifs is 1. The Morgan fingerprint density at radius 1 is 1.44 bits per heavy atom. The van der Waals surface area contributed by atoms with E-state index in [0.717, 1.165) is 17.5 Å². The second kappa shape index (κ2) is 4.49. The summed E-state index contributed by atoms with van der Waals surface area (Å²) in [6.07, 6.45) is 0.